The molecule has 21 heavy (non-hydrogen) atoms. The average Bonchev–Trinajstić information content (AvgIpc) is 2.40. The van der Waals surface area contributed by atoms with Crippen LogP contribution in [-0.4, -0.2) is 22.2 Å². The minimum Gasteiger partial charge on any atom is -0.477 e. The lowest BCUT2D eigenvalue weighted by molar-refractivity contribution is -0.140. The second-order valence-corrected chi connectivity index (χ2v) is 5.64. The Morgan fingerprint density at radius 2 is 1.76 bits per heavy atom. The van der Waals surface area contributed by atoms with Crippen molar-refractivity contribution in [1.82, 2.24) is 0 Å². The van der Waals surface area contributed by atoms with Crippen molar-refractivity contribution in [1.29, 1.82) is 0 Å². The molecule has 0 amide bonds. The molecule has 0 bridgehead atoms. The first-order chi connectivity index (χ1) is 9.86. The largest absolute Gasteiger partial charge is 0.477 e. The van der Waals surface area contributed by atoms with E-state index in [1.54, 1.807) is 6.92 Å². The fourth-order valence-corrected chi connectivity index (χ4v) is 3.06. The van der Waals surface area contributed by atoms with E-state index in [1.165, 1.54) is 0 Å². The molecule has 0 spiro atoms. The normalized spacial score (nSPS) is 23.9. The zero-order valence-electron chi connectivity index (χ0n) is 12.9. The maximum absolute atomic E-state index is 11.3. The molecule has 116 valence electrons. The van der Waals surface area contributed by atoms with E-state index in [9.17, 15) is 19.8 Å². The zero-order chi connectivity index (χ0) is 16.0. The number of carboxylic acid groups (broad SMARTS) is 2. The lowest BCUT2D eigenvalue weighted by atomic mass is 9.65. The van der Waals surface area contributed by atoms with Gasteiger partial charge in [0.25, 0.3) is 0 Å². The van der Waals surface area contributed by atoms with Gasteiger partial charge in [0.1, 0.15) is 5.57 Å². The predicted molar refractivity (Wildman–Crippen MR) is 82.0 cm³/mol. The Bertz CT molecular complexity index is 483. The van der Waals surface area contributed by atoms with Gasteiger partial charge in [-0.05, 0) is 24.8 Å². The molecule has 0 heterocycles. The fourth-order valence-electron chi connectivity index (χ4n) is 3.06. The molecule has 4 nitrogen and oxygen atoms in total. The summed E-state index contributed by atoms with van der Waals surface area (Å²) in [5.74, 6) is -2.66. The molecule has 0 aromatic rings. The van der Waals surface area contributed by atoms with Crippen LogP contribution in [0.5, 0.6) is 0 Å². The predicted octanol–water partition coefficient (Wildman–Crippen LogP) is 3.80. The molecular formula is C17H24O4. The molecule has 0 saturated heterocycles. The van der Waals surface area contributed by atoms with Crippen LogP contribution in [0.4, 0.5) is 0 Å². The molecule has 1 aliphatic carbocycles. The summed E-state index contributed by atoms with van der Waals surface area (Å²) in [5, 5.41) is 18.5. The highest BCUT2D eigenvalue weighted by Gasteiger charge is 2.39. The topological polar surface area (TPSA) is 74.6 Å². The minimum atomic E-state index is -1.37. The summed E-state index contributed by atoms with van der Waals surface area (Å²) in [5.41, 5.74) is -0.583. The van der Waals surface area contributed by atoms with Crippen molar-refractivity contribution in [2.24, 2.45) is 11.3 Å². The van der Waals surface area contributed by atoms with Gasteiger partial charge in [0.05, 0.1) is 0 Å². The Labute approximate surface area is 125 Å². The van der Waals surface area contributed by atoms with Gasteiger partial charge < -0.3 is 10.2 Å². The van der Waals surface area contributed by atoms with Crippen LogP contribution < -0.4 is 0 Å². The van der Waals surface area contributed by atoms with Crippen LogP contribution in [-0.2, 0) is 9.59 Å². The second kappa shape index (κ2) is 7.25. The number of rotatable bonds is 7. The van der Waals surface area contributed by atoms with E-state index >= 15 is 0 Å². The molecular weight excluding hydrogens is 268 g/mol. The maximum atomic E-state index is 11.3. The number of carboxylic acids is 2. The zero-order valence-corrected chi connectivity index (χ0v) is 12.9. The van der Waals surface area contributed by atoms with Crippen LogP contribution >= 0.6 is 0 Å². The van der Waals surface area contributed by atoms with Gasteiger partial charge in [-0.1, -0.05) is 57.4 Å². The van der Waals surface area contributed by atoms with E-state index in [4.69, 9.17) is 0 Å². The van der Waals surface area contributed by atoms with Crippen LogP contribution in [0.15, 0.2) is 35.5 Å². The van der Waals surface area contributed by atoms with Crippen molar-refractivity contribution in [3.05, 3.63) is 35.5 Å². The van der Waals surface area contributed by atoms with E-state index in [0.717, 1.165) is 25.7 Å². The maximum Gasteiger partial charge on any atom is 0.343 e. The first-order valence-corrected chi connectivity index (χ1v) is 7.40. The third kappa shape index (κ3) is 3.63. The smallest absolute Gasteiger partial charge is 0.343 e. The van der Waals surface area contributed by atoms with Gasteiger partial charge in [0, 0.05) is 5.41 Å². The van der Waals surface area contributed by atoms with Gasteiger partial charge in [0.2, 0.25) is 0 Å². The summed E-state index contributed by atoms with van der Waals surface area (Å²) in [7, 11) is 0. The Kier molecular flexibility index (Phi) is 5.94. The summed E-state index contributed by atoms with van der Waals surface area (Å²) in [6, 6.07) is 0. The lowest BCUT2D eigenvalue weighted by Gasteiger charge is -2.39. The van der Waals surface area contributed by atoms with Crippen molar-refractivity contribution < 1.29 is 19.8 Å². The van der Waals surface area contributed by atoms with Gasteiger partial charge in [-0.2, -0.15) is 0 Å². The third-order valence-electron chi connectivity index (χ3n) is 4.41. The molecule has 0 radical (unpaired) electrons. The highest BCUT2D eigenvalue weighted by Crippen LogP contribution is 2.46. The van der Waals surface area contributed by atoms with E-state index < -0.39 is 22.9 Å². The van der Waals surface area contributed by atoms with Crippen LogP contribution in [0.25, 0.3) is 0 Å². The highest BCUT2D eigenvalue weighted by molar-refractivity contribution is 6.13. The second-order valence-electron chi connectivity index (χ2n) is 5.64. The summed E-state index contributed by atoms with van der Waals surface area (Å²) < 4.78 is 0. The molecule has 1 aliphatic rings. The lowest BCUT2D eigenvalue weighted by Crippen LogP contribution is -2.32. The number of allylic oxidation sites excluding steroid dienone is 5. The Morgan fingerprint density at radius 1 is 1.14 bits per heavy atom. The number of aliphatic carboxylic acids is 2. The van der Waals surface area contributed by atoms with Crippen LogP contribution in [0, 0.1) is 11.3 Å². The van der Waals surface area contributed by atoms with E-state index in [-0.39, 0.29) is 5.92 Å². The first kappa shape index (κ1) is 17.2. The van der Waals surface area contributed by atoms with Gasteiger partial charge in [-0.15, -0.1) is 0 Å². The molecule has 0 aliphatic heterocycles. The standard InChI is InChI=1S/C17H24O4/c1-4-5-7-10-17(11-8-6-9-12(17)2)13(3)14(15(18)19)16(20)21/h6,8-9,11-12H,4-5,7,10H2,1-3H3,(H,18,19)(H,20,21). The van der Waals surface area contributed by atoms with Crippen molar-refractivity contribution in [3.63, 3.8) is 0 Å². The summed E-state index contributed by atoms with van der Waals surface area (Å²) in [6.07, 6.45) is 11.6. The van der Waals surface area contributed by atoms with E-state index in [1.807, 2.05) is 31.2 Å². The number of hydrogen-bond acceptors (Lipinski definition) is 2. The molecule has 2 atom stereocenters. The number of hydrogen-bond donors (Lipinski definition) is 2. The van der Waals surface area contributed by atoms with Gasteiger partial charge >= 0.3 is 11.9 Å². The van der Waals surface area contributed by atoms with Crippen molar-refractivity contribution >= 4 is 11.9 Å². The molecule has 0 aromatic heterocycles. The quantitative estimate of drug-likeness (QED) is 0.324. The van der Waals surface area contributed by atoms with Crippen LogP contribution in [0.2, 0.25) is 0 Å². The summed E-state index contributed by atoms with van der Waals surface area (Å²) in [4.78, 5) is 22.6. The number of carbonyl (C=O) groups is 2. The van der Waals surface area contributed by atoms with Gasteiger partial charge in [-0.3, -0.25) is 0 Å². The van der Waals surface area contributed by atoms with Gasteiger partial charge in [-0.25, -0.2) is 9.59 Å². The van der Waals surface area contributed by atoms with Crippen LogP contribution in [0.3, 0.4) is 0 Å². The SMILES string of the molecule is CCCCCC1(C(C)=C(C(=O)O)C(=O)O)C=CC=CC1C. The molecule has 4 heteroatoms. The van der Waals surface area contributed by atoms with Crippen LogP contribution in [0.1, 0.15) is 46.5 Å². The van der Waals surface area contributed by atoms with Crippen molar-refractivity contribution in [3.8, 4) is 0 Å². The Balaban J connectivity index is 3.32. The fraction of sp³-hybridized carbons (Fsp3) is 0.529. The van der Waals surface area contributed by atoms with E-state index in [2.05, 4.69) is 6.92 Å². The molecule has 0 aromatic carbocycles. The molecule has 2 unspecified atom stereocenters. The summed E-state index contributed by atoms with van der Waals surface area (Å²) in [6.45, 7) is 5.76. The first-order valence-electron chi connectivity index (χ1n) is 7.40. The van der Waals surface area contributed by atoms with Gasteiger partial charge in [0.15, 0.2) is 0 Å². The highest BCUT2D eigenvalue weighted by atomic mass is 16.4. The van der Waals surface area contributed by atoms with E-state index in [0.29, 0.717) is 5.57 Å². The minimum absolute atomic E-state index is 0.0769. The monoisotopic (exact) mass is 292 g/mol. The molecule has 2 N–H and O–H groups in total. The van der Waals surface area contributed by atoms with Crippen molar-refractivity contribution in [2.45, 2.75) is 46.5 Å². The Morgan fingerprint density at radius 3 is 2.24 bits per heavy atom. The summed E-state index contributed by atoms with van der Waals surface area (Å²) >= 11 is 0. The molecule has 1 rings (SSSR count). The number of unbranched alkanes of at least 4 members (excludes halogenated alkanes) is 2. The average molecular weight is 292 g/mol. The molecule has 0 saturated carbocycles. The third-order valence-corrected chi connectivity index (χ3v) is 4.41. The Hall–Kier alpha value is -1.84. The van der Waals surface area contributed by atoms with Crippen molar-refractivity contribution in [2.75, 3.05) is 0 Å². The molecule has 0 fully saturated rings.